The zero-order valence-electron chi connectivity index (χ0n) is 11.8. The lowest BCUT2D eigenvalue weighted by Crippen LogP contribution is -2.11. The summed E-state index contributed by atoms with van der Waals surface area (Å²) in [6, 6.07) is 14.3. The Labute approximate surface area is 122 Å². The second kappa shape index (κ2) is 5.52. The van der Waals surface area contributed by atoms with Crippen LogP contribution in [0.5, 0.6) is 0 Å². The number of benzene rings is 2. The SMILES string of the molecule is Cc1ccc2c(ccn2CC(=O)Cc2ccc(F)cc2)c1. The first-order valence-corrected chi connectivity index (χ1v) is 6.93. The van der Waals surface area contributed by atoms with E-state index < -0.39 is 0 Å². The number of Topliss-reactive ketones (excluding diaryl/α,β-unsaturated/α-hetero) is 1. The van der Waals surface area contributed by atoms with E-state index in [-0.39, 0.29) is 11.6 Å². The van der Waals surface area contributed by atoms with Gasteiger partial charge in [-0.2, -0.15) is 0 Å². The molecule has 1 aromatic heterocycles. The van der Waals surface area contributed by atoms with E-state index in [0.717, 1.165) is 16.5 Å². The number of hydrogen-bond acceptors (Lipinski definition) is 1. The molecular weight excluding hydrogens is 265 g/mol. The first-order valence-electron chi connectivity index (χ1n) is 6.93. The van der Waals surface area contributed by atoms with Gasteiger partial charge in [0.2, 0.25) is 0 Å². The number of aryl methyl sites for hydroxylation is 1. The number of hydrogen-bond donors (Lipinski definition) is 0. The quantitative estimate of drug-likeness (QED) is 0.711. The average Bonchev–Trinajstić information content (AvgIpc) is 2.83. The molecule has 0 spiro atoms. The minimum absolute atomic E-state index is 0.111. The van der Waals surface area contributed by atoms with Crippen molar-refractivity contribution < 1.29 is 9.18 Å². The Bertz CT molecular complexity index is 787. The van der Waals surface area contributed by atoms with Crippen LogP contribution in [0.1, 0.15) is 11.1 Å². The topological polar surface area (TPSA) is 22.0 Å². The third-order valence-electron chi connectivity index (χ3n) is 3.59. The van der Waals surface area contributed by atoms with Gasteiger partial charge < -0.3 is 4.57 Å². The molecule has 0 amide bonds. The Morgan fingerprint density at radius 3 is 2.62 bits per heavy atom. The molecule has 0 radical (unpaired) electrons. The van der Waals surface area contributed by atoms with E-state index in [2.05, 4.69) is 13.0 Å². The van der Waals surface area contributed by atoms with Gasteiger partial charge in [0.15, 0.2) is 5.78 Å². The summed E-state index contributed by atoms with van der Waals surface area (Å²) in [5.41, 5.74) is 3.11. The first-order chi connectivity index (χ1) is 10.1. The van der Waals surface area contributed by atoms with E-state index in [4.69, 9.17) is 0 Å². The Morgan fingerprint density at radius 2 is 1.86 bits per heavy atom. The fourth-order valence-corrected chi connectivity index (χ4v) is 2.53. The van der Waals surface area contributed by atoms with E-state index >= 15 is 0 Å². The molecule has 3 heteroatoms. The summed E-state index contributed by atoms with van der Waals surface area (Å²) < 4.78 is 14.8. The predicted octanol–water partition coefficient (Wildman–Crippen LogP) is 3.90. The van der Waals surface area contributed by atoms with Gasteiger partial charge >= 0.3 is 0 Å². The van der Waals surface area contributed by atoms with Crippen LogP contribution in [-0.4, -0.2) is 10.4 Å². The maximum atomic E-state index is 12.8. The van der Waals surface area contributed by atoms with Crippen molar-refractivity contribution in [3.8, 4) is 0 Å². The van der Waals surface area contributed by atoms with Crippen LogP contribution in [0.3, 0.4) is 0 Å². The van der Waals surface area contributed by atoms with Crippen molar-refractivity contribution in [2.45, 2.75) is 19.9 Å². The number of nitrogens with zero attached hydrogens (tertiary/aromatic N) is 1. The van der Waals surface area contributed by atoms with Crippen molar-refractivity contribution in [3.63, 3.8) is 0 Å². The van der Waals surface area contributed by atoms with Crippen molar-refractivity contribution in [1.29, 1.82) is 0 Å². The van der Waals surface area contributed by atoms with Gasteiger partial charge in [-0.05, 0) is 48.2 Å². The minimum atomic E-state index is -0.280. The summed E-state index contributed by atoms with van der Waals surface area (Å²) in [5, 5.41) is 1.14. The molecule has 0 atom stereocenters. The van der Waals surface area contributed by atoms with Crippen molar-refractivity contribution >= 4 is 16.7 Å². The van der Waals surface area contributed by atoms with Crippen LogP contribution >= 0.6 is 0 Å². The molecule has 0 aliphatic heterocycles. The van der Waals surface area contributed by atoms with Gasteiger partial charge in [-0.1, -0.05) is 23.8 Å². The van der Waals surface area contributed by atoms with Crippen LogP contribution in [0.25, 0.3) is 10.9 Å². The van der Waals surface area contributed by atoms with Crippen LogP contribution in [-0.2, 0) is 17.8 Å². The summed E-state index contributed by atoms with van der Waals surface area (Å²) in [6.07, 6.45) is 2.26. The Hall–Kier alpha value is -2.42. The van der Waals surface area contributed by atoms with Gasteiger partial charge in [-0.15, -0.1) is 0 Å². The maximum absolute atomic E-state index is 12.8. The van der Waals surface area contributed by atoms with Crippen molar-refractivity contribution in [3.05, 3.63) is 71.7 Å². The smallest absolute Gasteiger partial charge is 0.156 e. The van der Waals surface area contributed by atoms with Crippen LogP contribution < -0.4 is 0 Å². The third-order valence-corrected chi connectivity index (χ3v) is 3.59. The van der Waals surface area contributed by atoms with Crippen LogP contribution in [0.2, 0.25) is 0 Å². The zero-order valence-corrected chi connectivity index (χ0v) is 11.8. The monoisotopic (exact) mass is 281 g/mol. The fourth-order valence-electron chi connectivity index (χ4n) is 2.53. The first kappa shape index (κ1) is 13.6. The van der Waals surface area contributed by atoms with E-state index in [1.54, 1.807) is 12.1 Å². The van der Waals surface area contributed by atoms with Gasteiger partial charge in [0.1, 0.15) is 5.82 Å². The molecule has 0 aliphatic rings. The molecule has 2 nitrogen and oxygen atoms in total. The van der Waals surface area contributed by atoms with E-state index in [9.17, 15) is 9.18 Å². The van der Waals surface area contributed by atoms with Crippen LogP contribution in [0.4, 0.5) is 4.39 Å². The van der Waals surface area contributed by atoms with Crippen LogP contribution in [0.15, 0.2) is 54.7 Å². The largest absolute Gasteiger partial charge is 0.340 e. The highest BCUT2D eigenvalue weighted by atomic mass is 19.1. The minimum Gasteiger partial charge on any atom is -0.340 e. The molecule has 2 aromatic carbocycles. The lowest BCUT2D eigenvalue weighted by atomic mass is 10.1. The van der Waals surface area contributed by atoms with Gasteiger partial charge in [-0.25, -0.2) is 4.39 Å². The summed E-state index contributed by atoms with van der Waals surface area (Å²) in [7, 11) is 0. The standard InChI is InChI=1S/C18H16FNO/c1-13-2-7-18-15(10-13)8-9-20(18)12-17(21)11-14-3-5-16(19)6-4-14/h2-10H,11-12H2,1H3. The third kappa shape index (κ3) is 3.02. The molecule has 0 unspecified atom stereocenters. The number of rotatable bonds is 4. The normalized spacial score (nSPS) is 11.0. The van der Waals surface area contributed by atoms with E-state index in [1.807, 2.05) is 29.0 Å². The lowest BCUT2D eigenvalue weighted by molar-refractivity contribution is -0.118. The zero-order chi connectivity index (χ0) is 14.8. The molecule has 3 aromatic rings. The second-order valence-electron chi connectivity index (χ2n) is 5.35. The summed E-state index contributed by atoms with van der Waals surface area (Å²) in [5.74, 6) is -0.169. The van der Waals surface area contributed by atoms with Crippen molar-refractivity contribution in [2.75, 3.05) is 0 Å². The molecule has 1 heterocycles. The van der Waals surface area contributed by atoms with Gasteiger partial charge in [0.25, 0.3) is 0 Å². The predicted molar refractivity (Wildman–Crippen MR) is 81.8 cm³/mol. The maximum Gasteiger partial charge on any atom is 0.156 e. The molecule has 3 rings (SSSR count). The van der Waals surface area contributed by atoms with E-state index in [0.29, 0.717) is 13.0 Å². The molecule has 0 aliphatic carbocycles. The summed E-state index contributed by atoms with van der Waals surface area (Å²) in [6.45, 7) is 2.39. The Balaban J connectivity index is 1.75. The van der Waals surface area contributed by atoms with Gasteiger partial charge in [0.05, 0.1) is 6.54 Å². The van der Waals surface area contributed by atoms with Gasteiger partial charge in [0, 0.05) is 18.1 Å². The number of carbonyl (C=O) groups is 1. The molecule has 21 heavy (non-hydrogen) atoms. The highest BCUT2D eigenvalue weighted by molar-refractivity contribution is 5.85. The summed E-state index contributed by atoms with van der Waals surface area (Å²) in [4.78, 5) is 12.2. The molecular formula is C18H16FNO. The number of ketones is 1. The average molecular weight is 281 g/mol. The number of halogens is 1. The molecule has 0 saturated carbocycles. The Kier molecular flexibility index (Phi) is 3.57. The Morgan fingerprint density at radius 1 is 1.10 bits per heavy atom. The second-order valence-corrected chi connectivity index (χ2v) is 5.35. The number of aromatic nitrogens is 1. The number of carbonyl (C=O) groups excluding carboxylic acids is 1. The number of fused-ring (bicyclic) bond motifs is 1. The fraction of sp³-hybridized carbons (Fsp3) is 0.167. The molecule has 0 saturated heterocycles. The molecule has 106 valence electrons. The molecule has 0 N–H and O–H groups in total. The van der Waals surface area contributed by atoms with Crippen molar-refractivity contribution in [1.82, 2.24) is 4.57 Å². The van der Waals surface area contributed by atoms with Gasteiger partial charge in [-0.3, -0.25) is 4.79 Å². The van der Waals surface area contributed by atoms with Crippen molar-refractivity contribution in [2.24, 2.45) is 0 Å². The highest BCUT2D eigenvalue weighted by Gasteiger charge is 2.08. The van der Waals surface area contributed by atoms with E-state index in [1.165, 1.54) is 17.7 Å². The van der Waals surface area contributed by atoms with Crippen LogP contribution in [0, 0.1) is 12.7 Å². The highest BCUT2D eigenvalue weighted by Crippen LogP contribution is 2.17. The molecule has 0 bridgehead atoms. The lowest BCUT2D eigenvalue weighted by Gasteiger charge is -2.05. The summed E-state index contributed by atoms with van der Waals surface area (Å²) >= 11 is 0. The molecule has 0 fully saturated rings.